The van der Waals surface area contributed by atoms with E-state index in [-0.39, 0.29) is 0 Å². The Bertz CT molecular complexity index is 346. The number of rotatable bonds is 4. The lowest BCUT2D eigenvalue weighted by Crippen LogP contribution is -2.36. The van der Waals surface area contributed by atoms with Crippen molar-refractivity contribution in [3.63, 3.8) is 0 Å². The smallest absolute Gasteiger partial charge is 0.00177 e. The zero-order valence-electron chi connectivity index (χ0n) is 9.82. The summed E-state index contributed by atoms with van der Waals surface area (Å²) in [5, 5.41) is 4.47. The molecule has 2 aliphatic carbocycles. The van der Waals surface area contributed by atoms with Gasteiger partial charge in [-0.05, 0) is 78.3 Å². The van der Waals surface area contributed by atoms with Crippen LogP contribution >= 0.6 is 11.3 Å². The van der Waals surface area contributed by atoms with Crippen molar-refractivity contribution in [2.24, 2.45) is 23.0 Å². The Morgan fingerprint density at radius 3 is 2.94 bits per heavy atom. The number of hydrogen-bond donors (Lipinski definition) is 1. The molecule has 0 spiro atoms. The fourth-order valence-electron chi connectivity index (χ4n) is 4.04. The van der Waals surface area contributed by atoms with Gasteiger partial charge in [-0.3, -0.25) is 0 Å². The first-order valence-electron chi connectivity index (χ1n) is 6.53. The zero-order chi connectivity index (χ0) is 11.0. The highest BCUT2D eigenvalue weighted by atomic mass is 32.1. The van der Waals surface area contributed by atoms with Crippen molar-refractivity contribution >= 4 is 11.3 Å². The molecule has 2 aliphatic rings. The van der Waals surface area contributed by atoms with E-state index in [1.807, 2.05) is 11.3 Å². The van der Waals surface area contributed by atoms with E-state index in [9.17, 15) is 0 Å². The fraction of sp³-hybridized carbons (Fsp3) is 0.714. The zero-order valence-corrected chi connectivity index (χ0v) is 10.6. The third kappa shape index (κ3) is 1.72. The van der Waals surface area contributed by atoms with Gasteiger partial charge in [0.25, 0.3) is 0 Å². The molecule has 0 radical (unpaired) electrons. The van der Waals surface area contributed by atoms with Gasteiger partial charge in [0.05, 0.1) is 0 Å². The molecule has 3 unspecified atom stereocenters. The summed E-state index contributed by atoms with van der Waals surface area (Å²) >= 11 is 1.81. The van der Waals surface area contributed by atoms with Gasteiger partial charge in [-0.15, -0.1) is 0 Å². The van der Waals surface area contributed by atoms with Crippen molar-refractivity contribution < 1.29 is 0 Å². The minimum absolute atomic E-state index is 0.505. The van der Waals surface area contributed by atoms with Crippen LogP contribution in [0.25, 0.3) is 0 Å². The fourth-order valence-corrected chi connectivity index (χ4v) is 4.75. The van der Waals surface area contributed by atoms with E-state index in [2.05, 4.69) is 16.8 Å². The van der Waals surface area contributed by atoms with E-state index in [0.717, 1.165) is 18.4 Å². The average molecular weight is 235 g/mol. The average Bonchev–Trinajstić information content (AvgIpc) is 3.02. The summed E-state index contributed by atoms with van der Waals surface area (Å²) in [6.45, 7) is 0.915. The van der Waals surface area contributed by atoms with Gasteiger partial charge in [-0.2, -0.15) is 11.3 Å². The number of thiophene rings is 1. The molecular formula is C14H21NS. The van der Waals surface area contributed by atoms with Gasteiger partial charge < -0.3 is 5.73 Å². The molecule has 2 fully saturated rings. The lowest BCUT2D eigenvalue weighted by Gasteiger charge is -2.37. The van der Waals surface area contributed by atoms with Crippen LogP contribution in [-0.2, 0) is 6.42 Å². The van der Waals surface area contributed by atoms with E-state index in [4.69, 9.17) is 5.73 Å². The summed E-state index contributed by atoms with van der Waals surface area (Å²) in [7, 11) is 0. The maximum atomic E-state index is 6.10. The van der Waals surface area contributed by atoms with Crippen LogP contribution in [0.3, 0.4) is 0 Å². The van der Waals surface area contributed by atoms with Crippen LogP contribution < -0.4 is 5.73 Å². The number of fused-ring (bicyclic) bond motifs is 2. The molecule has 0 aliphatic heterocycles. The van der Waals surface area contributed by atoms with E-state index >= 15 is 0 Å². The van der Waals surface area contributed by atoms with Gasteiger partial charge >= 0.3 is 0 Å². The lowest BCUT2D eigenvalue weighted by molar-refractivity contribution is 0.158. The summed E-state index contributed by atoms with van der Waals surface area (Å²) < 4.78 is 0. The van der Waals surface area contributed by atoms with E-state index in [1.165, 1.54) is 44.1 Å². The summed E-state index contributed by atoms with van der Waals surface area (Å²) in [4.78, 5) is 0. The van der Waals surface area contributed by atoms with Gasteiger partial charge in [0.1, 0.15) is 0 Å². The van der Waals surface area contributed by atoms with Crippen molar-refractivity contribution in [3.05, 3.63) is 22.4 Å². The molecule has 0 amide bonds. The summed E-state index contributed by atoms with van der Waals surface area (Å²) in [6.07, 6.45) is 8.38. The third-order valence-electron chi connectivity index (χ3n) is 5.00. The molecule has 88 valence electrons. The van der Waals surface area contributed by atoms with Crippen molar-refractivity contribution in [2.75, 3.05) is 6.54 Å². The van der Waals surface area contributed by atoms with Gasteiger partial charge in [-0.1, -0.05) is 6.42 Å². The molecule has 2 bridgehead atoms. The SMILES string of the molecule is NCC1(CCc2ccsc2)CC2CCC1C2. The number of hydrogen-bond acceptors (Lipinski definition) is 2. The molecule has 0 aromatic carbocycles. The van der Waals surface area contributed by atoms with Crippen LogP contribution in [0.5, 0.6) is 0 Å². The molecule has 1 aromatic rings. The Morgan fingerprint density at radius 2 is 2.38 bits per heavy atom. The molecule has 1 aromatic heterocycles. The van der Waals surface area contributed by atoms with Gasteiger partial charge in [0.15, 0.2) is 0 Å². The summed E-state index contributed by atoms with van der Waals surface area (Å²) in [5.41, 5.74) is 8.12. The van der Waals surface area contributed by atoms with Crippen LogP contribution in [0.4, 0.5) is 0 Å². The lowest BCUT2D eigenvalue weighted by atomic mass is 9.70. The minimum atomic E-state index is 0.505. The maximum absolute atomic E-state index is 6.10. The first-order valence-corrected chi connectivity index (χ1v) is 7.48. The predicted octanol–water partition coefficient (Wildman–Crippen LogP) is 3.45. The minimum Gasteiger partial charge on any atom is -0.330 e. The van der Waals surface area contributed by atoms with Crippen molar-refractivity contribution in [1.82, 2.24) is 0 Å². The monoisotopic (exact) mass is 235 g/mol. The second kappa shape index (κ2) is 4.15. The van der Waals surface area contributed by atoms with Crippen molar-refractivity contribution in [3.8, 4) is 0 Å². The van der Waals surface area contributed by atoms with Gasteiger partial charge in [-0.25, -0.2) is 0 Å². The number of aryl methyl sites for hydroxylation is 1. The number of nitrogens with two attached hydrogens (primary N) is 1. The second-order valence-corrected chi connectivity index (χ2v) is 6.56. The van der Waals surface area contributed by atoms with E-state index < -0.39 is 0 Å². The molecule has 2 N–H and O–H groups in total. The Kier molecular flexibility index (Phi) is 2.80. The van der Waals surface area contributed by atoms with Gasteiger partial charge in [0, 0.05) is 0 Å². The molecule has 1 nitrogen and oxygen atoms in total. The molecule has 3 atom stereocenters. The second-order valence-electron chi connectivity index (χ2n) is 5.78. The quantitative estimate of drug-likeness (QED) is 0.850. The van der Waals surface area contributed by atoms with Crippen LogP contribution in [0, 0.1) is 17.3 Å². The van der Waals surface area contributed by atoms with Crippen molar-refractivity contribution in [2.45, 2.75) is 38.5 Å². The van der Waals surface area contributed by atoms with Crippen molar-refractivity contribution in [1.29, 1.82) is 0 Å². The summed E-state index contributed by atoms with van der Waals surface area (Å²) in [6, 6.07) is 2.27. The molecule has 2 saturated carbocycles. The Morgan fingerprint density at radius 1 is 1.44 bits per heavy atom. The van der Waals surface area contributed by atoms with Crippen LogP contribution in [0.1, 0.15) is 37.7 Å². The van der Waals surface area contributed by atoms with Crippen LogP contribution in [0.2, 0.25) is 0 Å². The largest absolute Gasteiger partial charge is 0.330 e. The standard InChI is InChI=1S/C14H21NS/c15-10-14(5-3-11-4-6-16-9-11)8-12-1-2-13(14)7-12/h4,6,9,12-13H,1-3,5,7-8,10,15H2. The molecule has 1 heterocycles. The Balaban J connectivity index is 1.67. The predicted molar refractivity (Wildman–Crippen MR) is 69.6 cm³/mol. The molecule has 16 heavy (non-hydrogen) atoms. The van der Waals surface area contributed by atoms with Crippen LogP contribution in [0.15, 0.2) is 16.8 Å². The molecule has 3 rings (SSSR count). The molecular weight excluding hydrogens is 214 g/mol. The molecule has 0 saturated heterocycles. The third-order valence-corrected chi connectivity index (χ3v) is 5.73. The maximum Gasteiger partial charge on any atom is -0.00177 e. The van der Waals surface area contributed by atoms with Gasteiger partial charge in [0.2, 0.25) is 0 Å². The van der Waals surface area contributed by atoms with E-state index in [1.54, 1.807) is 0 Å². The summed E-state index contributed by atoms with van der Waals surface area (Å²) in [5.74, 6) is 1.96. The normalized spacial score (nSPS) is 37.1. The Labute approximate surface area is 102 Å². The Hall–Kier alpha value is -0.340. The van der Waals surface area contributed by atoms with Crippen LogP contribution in [-0.4, -0.2) is 6.54 Å². The first-order chi connectivity index (χ1) is 7.82. The van der Waals surface area contributed by atoms with E-state index in [0.29, 0.717) is 5.41 Å². The topological polar surface area (TPSA) is 26.0 Å². The highest BCUT2D eigenvalue weighted by Crippen LogP contribution is 2.57. The first kappa shape index (κ1) is 10.8. The highest BCUT2D eigenvalue weighted by Gasteiger charge is 2.49. The molecule has 2 heteroatoms. The highest BCUT2D eigenvalue weighted by molar-refractivity contribution is 7.07.